The number of hydrogen-bond donors (Lipinski definition) is 2. The average molecular weight is 637 g/mol. The lowest BCUT2D eigenvalue weighted by Gasteiger charge is -2.16. The largest absolute Gasteiger partial charge is 0.477 e. The molecule has 3 aromatic rings. The van der Waals surface area contributed by atoms with Crippen molar-refractivity contribution in [3.8, 4) is 5.75 Å². The van der Waals surface area contributed by atoms with Crippen LogP contribution in [-0.2, 0) is 21.5 Å². The van der Waals surface area contributed by atoms with E-state index in [9.17, 15) is 22.9 Å². The molecule has 0 saturated heterocycles. The zero-order valence-corrected chi connectivity index (χ0v) is 22.6. The number of hydrogen-bond acceptors (Lipinski definition) is 7. The molecule has 0 unspecified atom stereocenters. The van der Waals surface area contributed by atoms with E-state index in [1.807, 2.05) is 19.1 Å². The molecule has 1 aliphatic heterocycles. The van der Waals surface area contributed by atoms with Gasteiger partial charge in [-0.25, -0.2) is 4.79 Å². The van der Waals surface area contributed by atoms with Crippen LogP contribution in [0.2, 0.25) is 0 Å². The van der Waals surface area contributed by atoms with Crippen LogP contribution >= 0.6 is 54.5 Å². The number of fused-ring (bicyclic) bond motifs is 2. The third kappa shape index (κ3) is 5.49. The standard InChI is InChI=1S/C20H16Br2N2O6S3/c1-2-11(6-18-23(9-19(25)26)14-8-16(22)31-20(14)32-18)5-17-24(10-33(27,28)29)13-7-12(21)3-4-15(13)30-17/h3-8H,2,9-10H2,1H3,(H-,25,26,27,28,29)/p+1. The minimum absolute atomic E-state index is 0.187. The maximum absolute atomic E-state index is 11.7. The topological polar surface area (TPSA) is 108 Å². The molecule has 174 valence electrons. The molecule has 33 heavy (non-hydrogen) atoms. The first-order chi connectivity index (χ1) is 15.5. The van der Waals surface area contributed by atoms with E-state index >= 15 is 0 Å². The van der Waals surface area contributed by atoms with Gasteiger partial charge in [-0.05, 0) is 46.1 Å². The van der Waals surface area contributed by atoms with Gasteiger partial charge >= 0.3 is 5.97 Å². The summed E-state index contributed by atoms with van der Waals surface area (Å²) in [7, 11) is -4.33. The zero-order valence-electron chi connectivity index (χ0n) is 17.0. The number of carboxylic acids is 1. The summed E-state index contributed by atoms with van der Waals surface area (Å²) in [6, 6.07) is 7.08. The number of rotatable bonds is 7. The molecule has 1 aliphatic rings. The second-order valence-electron chi connectivity index (χ2n) is 7.05. The number of ether oxygens (including phenoxy) is 1. The summed E-state index contributed by atoms with van der Waals surface area (Å²) in [5.74, 6) is -0.903. The highest BCUT2D eigenvalue weighted by atomic mass is 79.9. The number of nitrogens with zero attached hydrogens (tertiary/aromatic N) is 2. The van der Waals surface area contributed by atoms with Crippen LogP contribution in [0.1, 0.15) is 18.4 Å². The molecule has 1 aromatic carbocycles. The number of aromatic nitrogens is 1. The van der Waals surface area contributed by atoms with Crippen LogP contribution in [0.25, 0.3) is 15.6 Å². The van der Waals surface area contributed by atoms with E-state index in [1.165, 1.54) is 27.6 Å². The van der Waals surface area contributed by atoms with Crippen LogP contribution < -0.4 is 14.2 Å². The first kappa shape index (κ1) is 24.4. The van der Waals surface area contributed by atoms with Gasteiger partial charge in [-0.15, -0.1) is 11.3 Å². The van der Waals surface area contributed by atoms with Crippen LogP contribution in [0.4, 0.5) is 5.69 Å². The van der Waals surface area contributed by atoms with Crippen LogP contribution in [0.15, 0.2) is 50.1 Å². The highest BCUT2D eigenvalue weighted by molar-refractivity contribution is 9.11. The molecule has 13 heteroatoms. The molecule has 2 aromatic heterocycles. The number of aliphatic carboxylic acids is 1. The Bertz CT molecular complexity index is 1420. The predicted octanol–water partition coefficient (Wildman–Crippen LogP) is 5.24. The second kappa shape index (κ2) is 9.47. The third-order valence-corrected chi connectivity index (χ3v) is 8.65. The maximum atomic E-state index is 11.7. The lowest BCUT2D eigenvalue weighted by molar-refractivity contribution is -0.657. The number of anilines is 1. The Kier molecular flexibility index (Phi) is 6.99. The van der Waals surface area contributed by atoms with Gasteiger partial charge in [0.15, 0.2) is 15.6 Å². The first-order valence-corrected chi connectivity index (χ1v) is 14.3. The van der Waals surface area contributed by atoms with Crippen molar-refractivity contribution < 1.29 is 32.2 Å². The fraction of sp³-hybridized carbons (Fsp3) is 0.200. The Morgan fingerprint density at radius 2 is 2.03 bits per heavy atom. The highest BCUT2D eigenvalue weighted by Crippen LogP contribution is 2.41. The maximum Gasteiger partial charge on any atom is 0.370 e. The van der Waals surface area contributed by atoms with Gasteiger partial charge in [0.05, 0.1) is 9.47 Å². The van der Waals surface area contributed by atoms with Gasteiger partial charge < -0.3 is 9.84 Å². The summed E-state index contributed by atoms with van der Waals surface area (Å²) in [6.45, 7) is 1.75. The minimum atomic E-state index is -4.33. The Morgan fingerprint density at radius 3 is 2.70 bits per heavy atom. The number of benzene rings is 1. The number of carboxylic acid groups (broad SMARTS) is 1. The zero-order chi connectivity index (χ0) is 23.9. The molecule has 4 rings (SSSR count). The molecule has 8 nitrogen and oxygen atoms in total. The Balaban J connectivity index is 1.78. The fourth-order valence-corrected chi connectivity index (χ4v) is 7.54. The first-order valence-electron chi connectivity index (χ1n) is 9.50. The van der Waals surface area contributed by atoms with Gasteiger partial charge in [-0.3, -0.25) is 9.45 Å². The molecular weight excluding hydrogens is 620 g/mol. The lowest BCUT2D eigenvalue weighted by Crippen LogP contribution is -2.39. The quantitative estimate of drug-likeness (QED) is 0.270. The van der Waals surface area contributed by atoms with Crippen molar-refractivity contribution in [3.63, 3.8) is 0 Å². The third-order valence-electron chi connectivity index (χ3n) is 4.71. The van der Waals surface area contributed by atoms with E-state index in [1.54, 1.807) is 28.8 Å². The van der Waals surface area contributed by atoms with Crippen molar-refractivity contribution in [2.24, 2.45) is 0 Å². The second-order valence-corrected chi connectivity index (χ2v) is 13.1. The summed E-state index contributed by atoms with van der Waals surface area (Å²) in [5, 5.41) is 10.1. The van der Waals surface area contributed by atoms with Crippen molar-refractivity contribution in [1.29, 1.82) is 0 Å². The SMILES string of the molecule is CCC(=Cc1sc2sc(Br)cc2[n+]1CC(=O)O)C=C1Oc2ccc(Br)cc2N1CS(=O)(=O)O. The van der Waals surface area contributed by atoms with Crippen molar-refractivity contribution in [1.82, 2.24) is 0 Å². The molecule has 0 bridgehead atoms. The minimum Gasteiger partial charge on any atom is -0.477 e. The molecule has 2 N–H and O–H groups in total. The monoisotopic (exact) mass is 635 g/mol. The molecule has 3 heterocycles. The number of allylic oxidation sites excluding steroid dienone is 2. The molecule has 0 amide bonds. The number of carbonyl (C=O) groups is 1. The fourth-order valence-electron chi connectivity index (χ4n) is 3.31. The van der Waals surface area contributed by atoms with Crippen LogP contribution in [0.5, 0.6) is 5.75 Å². The normalized spacial score (nSPS) is 15.3. The predicted molar refractivity (Wildman–Crippen MR) is 135 cm³/mol. The number of thiazole rings is 1. The van der Waals surface area contributed by atoms with E-state index in [4.69, 9.17) is 4.74 Å². The molecular formula is C20H17Br2N2O6S3+. The number of thiophene rings is 1. The molecule has 0 aliphatic carbocycles. The summed E-state index contributed by atoms with van der Waals surface area (Å²) in [6.07, 6.45) is 4.15. The van der Waals surface area contributed by atoms with Gasteiger partial charge in [0.2, 0.25) is 17.9 Å². The van der Waals surface area contributed by atoms with Gasteiger partial charge in [0.1, 0.15) is 0 Å². The van der Waals surface area contributed by atoms with Crippen molar-refractivity contribution in [2.45, 2.75) is 19.9 Å². The van der Waals surface area contributed by atoms with Gasteiger partial charge in [-0.1, -0.05) is 34.2 Å². The molecule has 0 fully saturated rings. The summed E-state index contributed by atoms with van der Waals surface area (Å²) in [5.41, 5.74) is 2.13. The average Bonchev–Trinajstić information content (AvgIpc) is 3.32. The highest BCUT2D eigenvalue weighted by Gasteiger charge is 2.30. The number of halogens is 2. The van der Waals surface area contributed by atoms with E-state index in [2.05, 4.69) is 31.9 Å². The Labute approximate surface area is 214 Å². The van der Waals surface area contributed by atoms with Crippen molar-refractivity contribution >= 4 is 91.9 Å². The van der Waals surface area contributed by atoms with Crippen LogP contribution in [0.3, 0.4) is 0 Å². The summed E-state index contributed by atoms with van der Waals surface area (Å²) >= 11 is 9.82. The molecule has 0 saturated carbocycles. The van der Waals surface area contributed by atoms with Crippen molar-refractivity contribution in [2.75, 3.05) is 10.8 Å². The van der Waals surface area contributed by atoms with Crippen molar-refractivity contribution in [3.05, 3.63) is 55.1 Å². The van der Waals surface area contributed by atoms with Crippen LogP contribution in [-0.4, -0.2) is 29.9 Å². The van der Waals surface area contributed by atoms with E-state index in [-0.39, 0.29) is 12.4 Å². The van der Waals surface area contributed by atoms with E-state index in [0.717, 1.165) is 28.4 Å². The Hall–Kier alpha value is -1.77. The molecule has 0 spiro atoms. The van der Waals surface area contributed by atoms with Crippen LogP contribution in [0, 0.1) is 0 Å². The van der Waals surface area contributed by atoms with Gasteiger partial charge in [0.25, 0.3) is 15.1 Å². The molecule has 0 radical (unpaired) electrons. The molecule has 0 atom stereocenters. The van der Waals surface area contributed by atoms with Gasteiger partial charge in [-0.2, -0.15) is 13.0 Å². The van der Waals surface area contributed by atoms with Gasteiger partial charge in [0, 0.05) is 22.7 Å². The lowest BCUT2D eigenvalue weighted by atomic mass is 10.2. The summed E-state index contributed by atoms with van der Waals surface area (Å²) < 4.78 is 43.1. The van der Waals surface area contributed by atoms with E-state index in [0.29, 0.717) is 17.9 Å². The Morgan fingerprint density at radius 1 is 1.27 bits per heavy atom. The summed E-state index contributed by atoms with van der Waals surface area (Å²) in [4.78, 5) is 12.8. The van der Waals surface area contributed by atoms with E-state index < -0.39 is 22.0 Å². The smallest absolute Gasteiger partial charge is 0.370 e.